The summed E-state index contributed by atoms with van der Waals surface area (Å²) >= 11 is 0. The van der Waals surface area contributed by atoms with Crippen LogP contribution in [-0.4, -0.2) is 42.0 Å². The van der Waals surface area contributed by atoms with Crippen LogP contribution in [0.3, 0.4) is 0 Å². The lowest BCUT2D eigenvalue weighted by Gasteiger charge is -2.36. The summed E-state index contributed by atoms with van der Waals surface area (Å²) in [6.07, 6.45) is 8.68. The van der Waals surface area contributed by atoms with Crippen LogP contribution in [0.25, 0.3) is 0 Å². The summed E-state index contributed by atoms with van der Waals surface area (Å²) in [5, 5.41) is 0. The van der Waals surface area contributed by atoms with Crippen molar-refractivity contribution in [3.63, 3.8) is 0 Å². The van der Waals surface area contributed by atoms with Crippen molar-refractivity contribution in [3.8, 4) is 0 Å². The number of hydrogen-bond acceptors (Lipinski definition) is 1. The Morgan fingerprint density at radius 2 is 1.65 bits per heavy atom. The Balaban J connectivity index is 1.89. The van der Waals surface area contributed by atoms with Crippen molar-refractivity contribution in [2.24, 2.45) is 5.92 Å². The van der Waals surface area contributed by atoms with Gasteiger partial charge in [0.05, 0.1) is 0 Å². The Kier molecular flexibility index (Phi) is 4.69. The third-order valence-electron chi connectivity index (χ3n) is 4.24. The molecule has 2 heterocycles. The fourth-order valence-electron chi connectivity index (χ4n) is 3.03. The average molecular weight is 238 g/mol. The number of carbonyl (C=O) groups excluding carboxylic acids is 1. The number of likely N-dealkylation sites (tertiary alicyclic amines) is 2. The molecule has 0 spiro atoms. The first kappa shape index (κ1) is 12.7. The van der Waals surface area contributed by atoms with Gasteiger partial charge >= 0.3 is 6.03 Å². The van der Waals surface area contributed by atoms with Crippen LogP contribution in [0.1, 0.15) is 51.9 Å². The maximum atomic E-state index is 12.4. The summed E-state index contributed by atoms with van der Waals surface area (Å²) in [5.41, 5.74) is 0. The summed E-state index contributed by atoms with van der Waals surface area (Å²) < 4.78 is 0. The van der Waals surface area contributed by atoms with Crippen LogP contribution in [0.5, 0.6) is 0 Å². The van der Waals surface area contributed by atoms with Gasteiger partial charge < -0.3 is 9.80 Å². The molecule has 2 fully saturated rings. The molecule has 0 aromatic carbocycles. The van der Waals surface area contributed by atoms with Gasteiger partial charge in [-0.2, -0.15) is 0 Å². The molecule has 3 heteroatoms. The van der Waals surface area contributed by atoms with Crippen molar-refractivity contribution in [1.29, 1.82) is 0 Å². The van der Waals surface area contributed by atoms with E-state index in [4.69, 9.17) is 0 Å². The Hall–Kier alpha value is -0.730. The van der Waals surface area contributed by atoms with Crippen LogP contribution in [0, 0.1) is 5.92 Å². The first-order valence-corrected chi connectivity index (χ1v) is 7.35. The number of urea groups is 1. The Morgan fingerprint density at radius 1 is 1.00 bits per heavy atom. The molecule has 1 unspecified atom stereocenters. The molecule has 0 bridgehead atoms. The monoisotopic (exact) mass is 238 g/mol. The molecule has 3 nitrogen and oxygen atoms in total. The van der Waals surface area contributed by atoms with Crippen molar-refractivity contribution < 1.29 is 4.79 Å². The molecular formula is C14H26N2O. The zero-order chi connectivity index (χ0) is 12.1. The Morgan fingerprint density at radius 3 is 2.29 bits per heavy atom. The van der Waals surface area contributed by atoms with Gasteiger partial charge in [-0.25, -0.2) is 4.79 Å². The highest BCUT2D eigenvalue weighted by molar-refractivity contribution is 5.74. The maximum absolute atomic E-state index is 12.4. The fourth-order valence-corrected chi connectivity index (χ4v) is 3.03. The van der Waals surface area contributed by atoms with Gasteiger partial charge in [-0.15, -0.1) is 0 Å². The van der Waals surface area contributed by atoms with Gasteiger partial charge in [-0.05, 0) is 31.6 Å². The van der Waals surface area contributed by atoms with E-state index in [1.165, 1.54) is 44.9 Å². The van der Waals surface area contributed by atoms with E-state index in [1.54, 1.807) is 0 Å². The van der Waals surface area contributed by atoms with E-state index in [0.29, 0.717) is 6.03 Å². The van der Waals surface area contributed by atoms with Crippen LogP contribution >= 0.6 is 0 Å². The molecule has 17 heavy (non-hydrogen) atoms. The third-order valence-corrected chi connectivity index (χ3v) is 4.24. The normalized spacial score (nSPS) is 26.8. The number of hydrogen-bond donors (Lipinski definition) is 0. The van der Waals surface area contributed by atoms with Gasteiger partial charge in [-0.3, -0.25) is 0 Å². The molecule has 0 saturated carbocycles. The Labute approximate surface area is 105 Å². The predicted octanol–water partition coefficient (Wildman–Crippen LogP) is 3.10. The first-order valence-electron chi connectivity index (χ1n) is 7.35. The number of amides is 2. The van der Waals surface area contributed by atoms with Crippen molar-refractivity contribution in [3.05, 3.63) is 0 Å². The summed E-state index contributed by atoms with van der Waals surface area (Å²) in [7, 11) is 0. The lowest BCUT2D eigenvalue weighted by atomic mass is 9.96. The SMILES string of the molecule is CCC1CCCN(C(=O)N2CCCCCC2)C1. The van der Waals surface area contributed by atoms with Crippen molar-refractivity contribution in [2.75, 3.05) is 26.2 Å². The molecule has 0 radical (unpaired) electrons. The highest BCUT2D eigenvalue weighted by Gasteiger charge is 2.26. The van der Waals surface area contributed by atoms with Gasteiger partial charge in [-0.1, -0.05) is 26.2 Å². The molecule has 2 rings (SSSR count). The van der Waals surface area contributed by atoms with Crippen LogP contribution in [0.4, 0.5) is 4.79 Å². The molecule has 0 aromatic heterocycles. The van der Waals surface area contributed by atoms with E-state index < -0.39 is 0 Å². The van der Waals surface area contributed by atoms with Crippen molar-refractivity contribution in [1.82, 2.24) is 9.80 Å². The highest BCUT2D eigenvalue weighted by atomic mass is 16.2. The van der Waals surface area contributed by atoms with Gasteiger partial charge in [0.15, 0.2) is 0 Å². The second kappa shape index (κ2) is 6.27. The van der Waals surface area contributed by atoms with Crippen molar-refractivity contribution in [2.45, 2.75) is 51.9 Å². The lowest BCUT2D eigenvalue weighted by molar-refractivity contribution is 0.128. The van der Waals surface area contributed by atoms with Crippen LogP contribution in [0.15, 0.2) is 0 Å². The molecule has 2 amide bonds. The molecule has 98 valence electrons. The first-order chi connectivity index (χ1) is 8.31. The number of carbonyl (C=O) groups is 1. The van der Waals surface area contributed by atoms with E-state index in [1.807, 2.05) is 0 Å². The zero-order valence-electron chi connectivity index (χ0n) is 11.2. The standard InChI is InChI=1S/C14H26N2O/c1-2-13-8-7-11-16(12-13)14(17)15-9-5-3-4-6-10-15/h13H,2-12H2,1H3. The predicted molar refractivity (Wildman–Crippen MR) is 70.0 cm³/mol. The van der Waals surface area contributed by atoms with E-state index >= 15 is 0 Å². The minimum atomic E-state index is 0.310. The maximum Gasteiger partial charge on any atom is 0.320 e. The van der Waals surface area contributed by atoms with E-state index in [9.17, 15) is 4.79 Å². The second-order valence-corrected chi connectivity index (χ2v) is 5.55. The largest absolute Gasteiger partial charge is 0.325 e. The molecule has 2 aliphatic heterocycles. The number of nitrogens with zero attached hydrogens (tertiary/aromatic N) is 2. The minimum Gasteiger partial charge on any atom is -0.325 e. The van der Waals surface area contributed by atoms with Crippen LogP contribution in [0.2, 0.25) is 0 Å². The summed E-state index contributed by atoms with van der Waals surface area (Å²) in [6, 6.07) is 0.310. The van der Waals surface area contributed by atoms with Gasteiger partial charge in [0.25, 0.3) is 0 Å². The molecule has 0 N–H and O–H groups in total. The lowest BCUT2D eigenvalue weighted by Crippen LogP contribution is -2.47. The molecule has 2 aliphatic rings. The van der Waals surface area contributed by atoms with E-state index in [0.717, 1.165) is 32.1 Å². The Bertz CT molecular complexity index is 247. The summed E-state index contributed by atoms with van der Waals surface area (Å²) in [4.78, 5) is 16.6. The number of piperidine rings is 1. The average Bonchev–Trinajstić information content (AvgIpc) is 2.67. The topological polar surface area (TPSA) is 23.6 Å². The van der Waals surface area contributed by atoms with Crippen LogP contribution < -0.4 is 0 Å². The summed E-state index contributed by atoms with van der Waals surface area (Å²) in [6.45, 7) is 6.17. The minimum absolute atomic E-state index is 0.310. The number of rotatable bonds is 1. The highest BCUT2D eigenvalue weighted by Crippen LogP contribution is 2.21. The smallest absolute Gasteiger partial charge is 0.320 e. The van der Waals surface area contributed by atoms with Crippen molar-refractivity contribution >= 4 is 6.03 Å². The summed E-state index contributed by atoms with van der Waals surface area (Å²) in [5.74, 6) is 0.736. The molecular weight excluding hydrogens is 212 g/mol. The quantitative estimate of drug-likeness (QED) is 0.688. The van der Waals surface area contributed by atoms with Gasteiger partial charge in [0, 0.05) is 26.2 Å². The van der Waals surface area contributed by atoms with Gasteiger partial charge in [0.1, 0.15) is 0 Å². The zero-order valence-corrected chi connectivity index (χ0v) is 11.2. The fraction of sp³-hybridized carbons (Fsp3) is 0.929. The van der Waals surface area contributed by atoms with Gasteiger partial charge in [0.2, 0.25) is 0 Å². The molecule has 1 atom stereocenters. The third kappa shape index (κ3) is 3.36. The van der Waals surface area contributed by atoms with E-state index in [2.05, 4.69) is 16.7 Å². The van der Waals surface area contributed by atoms with Crippen LogP contribution in [-0.2, 0) is 0 Å². The molecule has 0 aromatic rings. The second-order valence-electron chi connectivity index (χ2n) is 5.55. The molecule has 0 aliphatic carbocycles. The van der Waals surface area contributed by atoms with E-state index in [-0.39, 0.29) is 0 Å². The molecule has 2 saturated heterocycles.